The molecule has 3 N–H and O–H groups in total. The Hall–Kier alpha value is -1.46. The highest BCUT2D eigenvalue weighted by Gasteiger charge is 2.14. The van der Waals surface area contributed by atoms with E-state index in [1.807, 2.05) is 32.0 Å². The number of hydrogen-bond acceptors (Lipinski definition) is 4. The Labute approximate surface area is 151 Å². The lowest BCUT2D eigenvalue weighted by molar-refractivity contribution is -0.122. The zero-order valence-electron chi connectivity index (χ0n) is 15.1. The van der Waals surface area contributed by atoms with Crippen LogP contribution in [-0.4, -0.2) is 25.2 Å². The molecule has 138 valence electrons. The van der Waals surface area contributed by atoms with Crippen LogP contribution < -0.4 is 20.5 Å². The molecule has 0 heterocycles. The number of nitrogens with two attached hydrogens (primary N) is 1. The van der Waals surface area contributed by atoms with Crippen molar-refractivity contribution < 1.29 is 14.3 Å². The average molecular weight is 359 g/mol. The largest absolute Gasteiger partial charge is 0.490 e. The van der Waals surface area contributed by atoms with Gasteiger partial charge in [0.2, 0.25) is 5.91 Å². The van der Waals surface area contributed by atoms with Crippen molar-refractivity contribution in [1.29, 1.82) is 0 Å². The minimum Gasteiger partial charge on any atom is -0.490 e. The van der Waals surface area contributed by atoms with Crippen LogP contribution in [0.5, 0.6) is 11.5 Å². The molecule has 0 aliphatic heterocycles. The maximum atomic E-state index is 11.9. The highest BCUT2D eigenvalue weighted by Crippen LogP contribution is 2.31. The summed E-state index contributed by atoms with van der Waals surface area (Å²) in [4.78, 5) is 11.9. The van der Waals surface area contributed by atoms with Crippen LogP contribution in [0.2, 0.25) is 0 Å². The first kappa shape index (κ1) is 22.5. The molecule has 24 heavy (non-hydrogen) atoms. The fourth-order valence-corrected chi connectivity index (χ4v) is 2.13. The van der Waals surface area contributed by atoms with Gasteiger partial charge in [0.25, 0.3) is 0 Å². The van der Waals surface area contributed by atoms with Gasteiger partial charge in [-0.2, -0.15) is 0 Å². The number of rotatable bonds is 10. The van der Waals surface area contributed by atoms with Crippen molar-refractivity contribution in [1.82, 2.24) is 5.32 Å². The number of halogens is 1. The van der Waals surface area contributed by atoms with Crippen LogP contribution in [0.25, 0.3) is 0 Å². The Balaban J connectivity index is 0.00000529. The van der Waals surface area contributed by atoms with Crippen LogP contribution >= 0.6 is 12.4 Å². The molecule has 0 radical (unpaired) electrons. The highest BCUT2D eigenvalue weighted by molar-refractivity contribution is 5.85. The molecule has 0 aliphatic carbocycles. The molecule has 0 saturated heterocycles. The summed E-state index contributed by atoms with van der Waals surface area (Å²) in [5, 5.41) is 2.96. The van der Waals surface area contributed by atoms with Gasteiger partial charge in [-0.05, 0) is 44.4 Å². The zero-order chi connectivity index (χ0) is 17.2. The summed E-state index contributed by atoms with van der Waals surface area (Å²) in [5.74, 6) is 1.43. The van der Waals surface area contributed by atoms with Crippen molar-refractivity contribution >= 4 is 18.3 Å². The number of carbonyl (C=O) groups excluding carboxylic acids is 1. The molecule has 0 fully saturated rings. The average Bonchev–Trinajstić information content (AvgIpc) is 2.50. The number of carbonyl (C=O) groups is 1. The molecule has 2 unspecified atom stereocenters. The summed E-state index contributed by atoms with van der Waals surface area (Å²) in [5.41, 5.74) is 6.64. The summed E-state index contributed by atoms with van der Waals surface area (Å²) in [6, 6.07) is 5.56. The maximum Gasteiger partial charge on any atom is 0.222 e. The normalized spacial score (nSPS) is 12.7. The molecule has 1 aromatic carbocycles. The van der Waals surface area contributed by atoms with Gasteiger partial charge >= 0.3 is 0 Å². The van der Waals surface area contributed by atoms with E-state index in [1.165, 1.54) is 0 Å². The third kappa shape index (κ3) is 7.88. The highest BCUT2D eigenvalue weighted by atomic mass is 35.5. The lowest BCUT2D eigenvalue weighted by atomic mass is 10.1. The lowest BCUT2D eigenvalue weighted by Gasteiger charge is -2.18. The van der Waals surface area contributed by atoms with Crippen molar-refractivity contribution in [3.63, 3.8) is 0 Å². The Kier molecular flexibility index (Phi) is 11.3. The molecule has 0 aliphatic rings. The fraction of sp³-hybridized carbons (Fsp3) is 0.611. The number of benzene rings is 1. The molecule has 5 nitrogen and oxygen atoms in total. The number of hydrogen-bond donors (Lipinski definition) is 2. The summed E-state index contributed by atoms with van der Waals surface area (Å²) in [7, 11) is 0. The zero-order valence-corrected chi connectivity index (χ0v) is 15.9. The summed E-state index contributed by atoms with van der Waals surface area (Å²) in [6.45, 7) is 9.19. The van der Waals surface area contributed by atoms with Crippen molar-refractivity contribution in [3.05, 3.63) is 23.8 Å². The number of ether oxygens (including phenoxy) is 2. The molecule has 1 rings (SSSR count). The molecule has 0 spiro atoms. The second-order valence-electron chi connectivity index (χ2n) is 5.87. The van der Waals surface area contributed by atoms with E-state index < -0.39 is 0 Å². The third-order valence-electron chi connectivity index (χ3n) is 3.28. The first-order chi connectivity index (χ1) is 11.0. The molecule has 6 heteroatoms. The smallest absolute Gasteiger partial charge is 0.222 e. The van der Waals surface area contributed by atoms with Crippen LogP contribution in [0.4, 0.5) is 0 Å². The van der Waals surface area contributed by atoms with Crippen LogP contribution in [0, 0.1) is 0 Å². The maximum absolute atomic E-state index is 11.9. The first-order valence-corrected chi connectivity index (χ1v) is 8.42. The van der Waals surface area contributed by atoms with Crippen LogP contribution in [0.15, 0.2) is 18.2 Å². The SMILES string of the molecule is CCCOc1ccc(C(C)NC(=O)CC(C)N)cc1OCCC.Cl. The molecule has 0 bridgehead atoms. The third-order valence-corrected chi connectivity index (χ3v) is 3.28. The van der Waals surface area contributed by atoms with Crippen LogP contribution in [0.1, 0.15) is 58.6 Å². The van der Waals surface area contributed by atoms with Gasteiger partial charge in [-0.3, -0.25) is 4.79 Å². The van der Waals surface area contributed by atoms with Crippen molar-refractivity contribution in [2.45, 2.75) is 59.0 Å². The van der Waals surface area contributed by atoms with Crippen molar-refractivity contribution in [3.8, 4) is 11.5 Å². The molecule has 1 aromatic rings. The van der Waals surface area contributed by atoms with Gasteiger partial charge in [0.15, 0.2) is 11.5 Å². The Morgan fingerprint density at radius 2 is 1.71 bits per heavy atom. The van der Waals surface area contributed by atoms with Crippen molar-refractivity contribution in [2.24, 2.45) is 5.73 Å². The summed E-state index contributed by atoms with van der Waals surface area (Å²) >= 11 is 0. The minimum absolute atomic E-state index is 0. The van der Waals surface area contributed by atoms with Crippen molar-refractivity contribution in [2.75, 3.05) is 13.2 Å². The van der Waals surface area contributed by atoms with E-state index in [1.54, 1.807) is 0 Å². The quantitative estimate of drug-likeness (QED) is 0.670. The van der Waals surface area contributed by atoms with Gasteiger partial charge < -0.3 is 20.5 Å². The van der Waals surface area contributed by atoms with E-state index in [2.05, 4.69) is 19.2 Å². The van der Waals surface area contributed by atoms with E-state index in [4.69, 9.17) is 15.2 Å². The van der Waals surface area contributed by atoms with Gasteiger partial charge in [0, 0.05) is 12.5 Å². The molecule has 1 amide bonds. The monoisotopic (exact) mass is 358 g/mol. The number of nitrogens with one attached hydrogen (secondary N) is 1. The van der Waals surface area contributed by atoms with Crippen LogP contribution in [0.3, 0.4) is 0 Å². The van der Waals surface area contributed by atoms with Gasteiger partial charge in [-0.15, -0.1) is 12.4 Å². The molecule has 0 saturated carbocycles. The van der Waals surface area contributed by atoms with Gasteiger partial charge in [0.05, 0.1) is 19.3 Å². The van der Waals surface area contributed by atoms with E-state index >= 15 is 0 Å². The predicted molar refractivity (Wildman–Crippen MR) is 100 cm³/mol. The Morgan fingerprint density at radius 1 is 1.12 bits per heavy atom. The van der Waals surface area contributed by atoms with Gasteiger partial charge in [-0.25, -0.2) is 0 Å². The Bertz CT molecular complexity index is 495. The fourth-order valence-electron chi connectivity index (χ4n) is 2.13. The van der Waals surface area contributed by atoms with E-state index in [0.717, 1.165) is 29.9 Å². The lowest BCUT2D eigenvalue weighted by Crippen LogP contribution is -2.31. The topological polar surface area (TPSA) is 73.6 Å². The van der Waals surface area contributed by atoms with Gasteiger partial charge in [-0.1, -0.05) is 19.9 Å². The van der Waals surface area contributed by atoms with E-state index in [9.17, 15) is 4.79 Å². The van der Waals surface area contributed by atoms with E-state index in [0.29, 0.717) is 19.6 Å². The second-order valence-corrected chi connectivity index (χ2v) is 5.87. The molecule has 0 aromatic heterocycles. The van der Waals surface area contributed by atoms with Crippen LogP contribution in [-0.2, 0) is 4.79 Å². The van der Waals surface area contributed by atoms with Gasteiger partial charge in [0.1, 0.15) is 0 Å². The Morgan fingerprint density at radius 3 is 2.25 bits per heavy atom. The molecule has 2 atom stereocenters. The standard InChI is InChI=1S/C18H30N2O3.ClH/c1-5-9-22-16-8-7-15(12-17(16)23-10-6-2)14(4)20-18(21)11-13(3)19;/h7-8,12-14H,5-6,9-11,19H2,1-4H3,(H,20,21);1H. The first-order valence-electron chi connectivity index (χ1n) is 8.42. The second kappa shape index (κ2) is 12.0. The van der Waals surface area contributed by atoms with E-state index in [-0.39, 0.29) is 30.4 Å². The summed E-state index contributed by atoms with van der Waals surface area (Å²) in [6.07, 6.45) is 2.19. The summed E-state index contributed by atoms with van der Waals surface area (Å²) < 4.78 is 11.5. The number of amides is 1. The molecular formula is C18H31ClN2O3. The molecular weight excluding hydrogens is 328 g/mol. The predicted octanol–water partition coefficient (Wildman–Crippen LogP) is 3.60. The minimum atomic E-state index is -0.143.